The van der Waals surface area contributed by atoms with Gasteiger partial charge in [-0.1, -0.05) is 30.3 Å². The number of benzene rings is 3. The number of carboxylic acids is 1. The van der Waals surface area contributed by atoms with Gasteiger partial charge in [0.25, 0.3) is 5.91 Å². The molecule has 9 nitrogen and oxygen atoms in total. The van der Waals surface area contributed by atoms with Crippen LogP contribution in [-0.2, 0) is 9.59 Å². The van der Waals surface area contributed by atoms with Crippen LogP contribution < -0.4 is 9.75 Å². The lowest BCUT2D eigenvalue weighted by Crippen LogP contribution is -2.29. The molecule has 1 N–H and O–H groups in total. The van der Waals surface area contributed by atoms with E-state index in [1.165, 1.54) is 24.1 Å². The Balaban J connectivity index is 1.69. The van der Waals surface area contributed by atoms with Gasteiger partial charge in [-0.25, -0.2) is 4.79 Å². The van der Waals surface area contributed by atoms with Crippen molar-refractivity contribution in [2.75, 3.05) is 5.01 Å². The van der Waals surface area contributed by atoms with Crippen molar-refractivity contribution in [2.24, 2.45) is 15.3 Å². The van der Waals surface area contributed by atoms with E-state index in [9.17, 15) is 19.5 Å². The van der Waals surface area contributed by atoms with E-state index in [-0.39, 0.29) is 22.9 Å². The van der Waals surface area contributed by atoms with Crippen LogP contribution in [0.1, 0.15) is 35.3 Å². The molecule has 0 saturated heterocycles. The van der Waals surface area contributed by atoms with E-state index >= 15 is 0 Å². The maximum atomic E-state index is 13.1. The summed E-state index contributed by atoms with van der Waals surface area (Å²) in [6.45, 7) is 6.90. The zero-order valence-corrected chi connectivity index (χ0v) is 20.2. The highest BCUT2D eigenvalue weighted by molar-refractivity contribution is 6.18. The Morgan fingerprint density at radius 2 is 1.75 bits per heavy atom. The van der Waals surface area contributed by atoms with Crippen molar-refractivity contribution >= 4 is 34.9 Å². The lowest BCUT2D eigenvalue weighted by molar-refractivity contribution is -0.131. The summed E-state index contributed by atoms with van der Waals surface area (Å²) in [6.07, 6.45) is 0. The molecule has 36 heavy (non-hydrogen) atoms. The highest BCUT2D eigenvalue weighted by Gasteiger charge is 2.35. The van der Waals surface area contributed by atoms with E-state index in [0.29, 0.717) is 22.5 Å². The summed E-state index contributed by atoms with van der Waals surface area (Å²) >= 11 is 0. The number of nitrogens with zero attached hydrogens (tertiary/aromatic N) is 4. The molecule has 4 rings (SSSR count). The van der Waals surface area contributed by atoms with Gasteiger partial charge in [-0.2, -0.15) is 20.3 Å². The summed E-state index contributed by atoms with van der Waals surface area (Å²) in [6, 6.07) is 15.9. The molecule has 1 amide bonds. The summed E-state index contributed by atoms with van der Waals surface area (Å²) in [7, 11) is 0. The first-order valence-corrected chi connectivity index (χ1v) is 11.2. The third-order valence-corrected chi connectivity index (χ3v) is 5.77. The van der Waals surface area contributed by atoms with Gasteiger partial charge < -0.3 is 9.84 Å². The number of para-hydroxylation sites is 1. The number of anilines is 1. The number of carbonyl (C=O) groups excluding carboxylic acids is 2. The third-order valence-electron chi connectivity index (χ3n) is 5.77. The molecule has 0 bridgehead atoms. The summed E-state index contributed by atoms with van der Waals surface area (Å²) in [4.78, 5) is 36.4. The number of carboxylic acid groups (broad SMARTS) is 1. The van der Waals surface area contributed by atoms with Gasteiger partial charge >= 0.3 is 11.9 Å². The van der Waals surface area contributed by atoms with Crippen molar-refractivity contribution in [3.63, 3.8) is 0 Å². The number of esters is 1. The van der Waals surface area contributed by atoms with Gasteiger partial charge in [0.1, 0.15) is 5.69 Å². The molecular formula is C27H24N4O5. The quantitative estimate of drug-likeness (QED) is 0.283. The predicted molar refractivity (Wildman–Crippen MR) is 135 cm³/mol. The standard InChI is InChI=1S/C27H24N4O5/c1-15-11-12-21(13-16(15)2)31-26(33)24(17(3)30-31)29-28-23-10-6-9-22(25(23)36-18(4)32)19-7-5-8-20(14-19)27(34)35/h5-14,24H,1-4H3,(H,34,35). The van der Waals surface area contributed by atoms with Crippen LogP contribution in [0.3, 0.4) is 0 Å². The van der Waals surface area contributed by atoms with Crippen LogP contribution in [0, 0.1) is 13.8 Å². The van der Waals surface area contributed by atoms with Gasteiger partial charge in [0.15, 0.2) is 11.8 Å². The predicted octanol–water partition coefficient (Wildman–Crippen LogP) is 5.47. The Hall–Kier alpha value is -4.66. The number of amides is 1. The molecular weight excluding hydrogens is 460 g/mol. The number of carbonyl (C=O) groups is 3. The Labute approximate surface area is 207 Å². The Kier molecular flexibility index (Phi) is 6.73. The van der Waals surface area contributed by atoms with E-state index in [2.05, 4.69) is 15.3 Å². The molecule has 182 valence electrons. The molecule has 0 aliphatic carbocycles. The number of azo groups is 1. The topological polar surface area (TPSA) is 121 Å². The van der Waals surface area contributed by atoms with Crippen LogP contribution in [0.2, 0.25) is 0 Å². The number of hydrogen-bond acceptors (Lipinski definition) is 7. The number of hydrogen-bond donors (Lipinski definition) is 1. The highest BCUT2D eigenvalue weighted by atomic mass is 16.5. The van der Waals surface area contributed by atoms with Crippen LogP contribution in [-0.4, -0.2) is 34.7 Å². The largest absolute Gasteiger partial charge is 0.478 e. The zero-order valence-electron chi connectivity index (χ0n) is 20.2. The minimum atomic E-state index is -1.08. The third kappa shape index (κ3) is 4.90. The lowest BCUT2D eigenvalue weighted by atomic mass is 10.0. The molecule has 3 aromatic rings. The van der Waals surface area contributed by atoms with Crippen LogP contribution >= 0.6 is 0 Å². The van der Waals surface area contributed by atoms with Crippen molar-refractivity contribution in [3.05, 3.63) is 77.4 Å². The van der Waals surface area contributed by atoms with Crippen molar-refractivity contribution in [1.82, 2.24) is 0 Å². The molecule has 9 heteroatoms. The lowest BCUT2D eigenvalue weighted by Gasteiger charge is -2.14. The molecule has 1 aliphatic rings. The number of aromatic carboxylic acids is 1. The van der Waals surface area contributed by atoms with Crippen LogP contribution in [0.5, 0.6) is 5.75 Å². The van der Waals surface area contributed by atoms with E-state index in [1.807, 2.05) is 32.0 Å². The highest BCUT2D eigenvalue weighted by Crippen LogP contribution is 2.39. The minimum absolute atomic E-state index is 0.0862. The zero-order chi connectivity index (χ0) is 26.0. The molecule has 0 spiro atoms. The van der Waals surface area contributed by atoms with Gasteiger partial charge in [0.2, 0.25) is 0 Å². The second-order valence-electron chi connectivity index (χ2n) is 8.41. The fourth-order valence-electron chi connectivity index (χ4n) is 3.75. The number of aryl methyl sites for hydroxylation is 2. The normalized spacial score (nSPS) is 15.3. The first-order valence-electron chi connectivity index (χ1n) is 11.2. The summed E-state index contributed by atoms with van der Waals surface area (Å²) in [5, 5.41) is 23.5. The maximum absolute atomic E-state index is 13.1. The van der Waals surface area contributed by atoms with E-state index in [4.69, 9.17) is 4.74 Å². The second kappa shape index (κ2) is 9.91. The SMILES string of the molecule is CC(=O)Oc1c(N=NC2C(=O)N(c3ccc(C)c(C)c3)N=C2C)cccc1-c1cccc(C(=O)O)c1. The smallest absolute Gasteiger partial charge is 0.335 e. The van der Waals surface area contributed by atoms with Crippen LogP contribution in [0.15, 0.2) is 76.0 Å². The van der Waals surface area contributed by atoms with Gasteiger partial charge in [0, 0.05) is 12.5 Å². The molecule has 0 radical (unpaired) electrons. The van der Waals surface area contributed by atoms with Gasteiger partial charge in [-0.15, -0.1) is 0 Å². The van der Waals surface area contributed by atoms with E-state index in [0.717, 1.165) is 11.1 Å². The van der Waals surface area contributed by atoms with Crippen molar-refractivity contribution in [3.8, 4) is 16.9 Å². The van der Waals surface area contributed by atoms with Crippen LogP contribution in [0.25, 0.3) is 11.1 Å². The Morgan fingerprint density at radius 1 is 1.00 bits per heavy atom. The molecule has 1 unspecified atom stereocenters. The van der Waals surface area contributed by atoms with Crippen molar-refractivity contribution in [2.45, 2.75) is 33.7 Å². The molecule has 1 heterocycles. The minimum Gasteiger partial charge on any atom is -0.478 e. The molecule has 0 saturated carbocycles. The summed E-state index contributed by atoms with van der Waals surface area (Å²) in [5.41, 5.74) is 4.55. The number of hydrazone groups is 1. The van der Waals surface area contributed by atoms with Gasteiger partial charge in [-0.05, 0) is 67.8 Å². The van der Waals surface area contributed by atoms with Gasteiger partial charge in [-0.3, -0.25) is 9.59 Å². The molecule has 0 fully saturated rings. The average molecular weight is 485 g/mol. The first kappa shape index (κ1) is 24.5. The number of rotatable bonds is 6. The average Bonchev–Trinajstić information content (AvgIpc) is 3.13. The van der Waals surface area contributed by atoms with E-state index < -0.39 is 18.0 Å². The first-order chi connectivity index (χ1) is 17.2. The van der Waals surface area contributed by atoms with Crippen LogP contribution in [0.4, 0.5) is 11.4 Å². The van der Waals surface area contributed by atoms with Gasteiger partial charge in [0.05, 0.1) is 17.0 Å². The fraction of sp³-hybridized carbons (Fsp3) is 0.185. The Bertz CT molecular complexity index is 1440. The molecule has 3 aromatic carbocycles. The van der Waals surface area contributed by atoms with Crippen molar-refractivity contribution in [1.29, 1.82) is 0 Å². The Morgan fingerprint density at radius 3 is 2.44 bits per heavy atom. The summed E-state index contributed by atoms with van der Waals surface area (Å²) in [5.74, 6) is -1.89. The molecule has 0 aromatic heterocycles. The fourth-order valence-corrected chi connectivity index (χ4v) is 3.75. The number of ether oxygens (including phenoxy) is 1. The maximum Gasteiger partial charge on any atom is 0.335 e. The monoisotopic (exact) mass is 484 g/mol. The summed E-state index contributed by atoms with van der Waals surface area (Å²) < 4.78 is 5.45. The molecule has 1 aliphatic heterocycles. The van der Waals surface area contributed by atoms with Crippen molar-refractivity contribution < 1.29 is 24.2 Å². The molecule has 1 atom stereocenters. The van der Waals surface area contributed by atoms with E-state index in [1.54, 1.807) is 37.3 Å². The second-order valence-corrected chi connectivity index (χ2v) is 8.41.